The average molecular weight is 216 g/mol. The predicted octanol–water partition coefficient (Wildman–Crippen LogP) is 1.78. The molecule has 0 bridgehead atoms. The van der Waals surface area contributed by atoms with Crippen molar-refractivity contribution >= 4 is 16.9 Å². The lowest BCUT2D eigenvalue weighted by Crippen LogP contribution is -2.39. The summed E-state index contributed by atoms with van der Waals surface area (Å²) in [6.07, 6.45) is 1.73. The van der Waals surface area contributed by atoms with Gasteiger partial charge >= 0.3 is 0 Å². The molecule has 3 N–H and O–H groups in total. The maximum atomic E-state index is 5.89. The Hall–Kier alpha value is -1.68. The highest BCUT2D eigenvalue weighted by atomic mass is 15.0. The molecule has 0 amide bonds. The molecular formula is C12H16N4. The van der Waals surface area contributed by atoms with E-state index in [1.165, 1.54) is 0 Å². The number of aromatic nitrogens is 2. The Morgan fingerprint density at radius 1 is 1.25 bits per heavy atom. The second kappa shape index (κ2) is 4.06. The van der Waals surface area contributed by atoms with E-state index in [1.807, 2.05) is 38.1 Å². The minimum Gasteiger partial charge on any atom is -0.367 e. The highest BCUT2D eigenvalue weighted by Crippen LogP contribution is 2.11. The zero-order valence-corrected chi connectivity index (χ0v) is 9.57. The van der Waals surface area contributed by atoms with Crippen LogP contribution < -0.4 is 11.1 Å². The minimum atomic E-state index is -0.257. The molecule has 0 radical (unpaired) electrons. The molecule has 2 rings (SSSR count). The Bertz CT molecular complexity index is 488. The summed E-state index contributed by atoms with van der Waals surface area (Å²) in [6, 6.07) is 7.79. The average Bonchev–Trinajstić information content (AvgIpc) is 2.25. The molecule has 0 spiro atoms. The first-order chi connectivity index (χ1) is 7.54. The van der Waals surface area contributed by atoms with Crippen LogP contribution in [0.15, 0.2) is 30.5 Å². The number of rotatable bonds is 3. The van der Waals surface area contributed by atoms with Crippen LogP contribution in [-0.4, -0.2) is 22.1 Å². The standard InChI is InChI=1S/C12H16N4/c1-12(2,13)8-15-11-7-14-9-5-3-4-6-10(9)16-11/h3-7H,8,13H2,1-2H3,(H,15,16). The van der Waals surface area contributed by atoms with Crippen molar-refractivity contribution in [2.75, 3.05) is 11.9 Å². The Labute approximate surface area is 94.9 Å². The lowest BCUT2D eigenvalue weighted by atomic mass is 10.1. The van der Waals surface area contributed by atoms with E-state index in [2.05, 4.69) is 15.3 Å². The second-order valence-electron chi connectivity index (χ2n) is 4.59. The van der Waals surface area contributed by atoms with Crippen LogP contribution in [0, 0.1) is 0 Å². The predicted molar refractivity (Wildman–Crippen MR) is 66.3 cm³/mol. The van der Waals surface area contributed by atoms with Gasteiger partial charge in [-0.3, -0.25) is 4.98 Å². The van der Waals surface area contributed by atoms with Gasteiger partial charge in [-0.2, -0.15) is 0 Å². The highest BCUT2D eigenvalue weighted by Gasteiger charge is 2.10. The summed E-state index contributed by atoms with van der Waals surface area (Å²) in [7, 11) is 0. The minimum absolute atomic E-state index is 0.257. The van der Waals surface area contributed by atoms with Crippen LogP contribution in [0.3, 0.4) is 0 Å². The van der Waals surface area contributed by atoms with Crippen molar-refractivity contribution in [1.82, 2.24) is 9.97 Å². The van der Waals surface area contributed by atoms with E-state index in [0.29, 0.717) is 6.54 Å². The number of nitrogens with one attached hydrogen (secondary N) is 1. The Kier molecular flexibility index (Phi) is 2.75. The Balaban J connectivity index is 2.20. The second-order valence-corrected chi connectivity index (χ2v) is 4.59. The normalized spacial score (nSPS) is 11.7. The molecule has 1 heterocycles. The van der Waals surface area contributed by atoms with Gasteiger partial charge in [0.1, 0.15) is 5.82 Å². The maximum Gasteiger partial charge on any atom is 0.145 e. The van der Waals surface area contributed by atoms with E-state index in [4.69, 9.17) is 5.73 Å². The summed E-state index contributed by atoms with van der Waals surface area (Å²) in [5, 5.41) is 3.18. The zero-order chi connectivity index (χ0) is 11.6. The first-order valence-corrected chi connectivity index (χ1v) is 5.29. The Morgan fingerprint density at radius 2 is 1.94 bits per heavy atom. The maximum absolute atomic E-state index is 5.89. The monoisotopic (exact) mass is 216 g/mol. The fourth-order valence-corrected chi connectivity index (χ4v) is 1.36. The molecule has 1 aromatic heterocycles. The molecule has 0 unspecified atom stereocenters. The van der Waals surface area contributed by atoms with Crippen LogP contribution in [0.2, 0.25) is 0 Å². The van der Waals surface area contributed by atoms with Gasteiger partial charge < -0.3 is 11.1 Å². The number of anilines is 1. The third-order valence-electron chi connectivity index (χ3n) is 2.17. The van der Waals surface area contributed by atoms with Crippen molar-refractivity contribution in [2.24, 2.45) is 5.73 Å². The number of hydrogen-bond donors (Lipinski definition) is 2. The number of fused-ring (bicyclic) bond motifs is 1. The van der Waals surface area contributed by atoms with Gasteiger partial charge in [0.2, 0.25) is 0 Å². The molecule has 0 saturated carbocycles. The molecule has 84 valence electrons. The first kappa shape index (κ1) is 10.8. The SMILES string of the molecule is CC(C)(N)CNc1cnc2ccccc2n1. The molecule has 4 heteroatoms. The molecular weight excluding hydrogens is 200 g/mol. The van der Waals surface area contributed by atoms with E-state index >= 15 is 0 Å². The molecule has 16 heavy (non-hydrogen) atoms. The van der Waals surface area contributed by atoms with Gasteiger partial charge in [0.15, 0.2) is 0 Å². The third-order valence-corrected chi connectivity index (χ3v) is 2.17. The lowest BCUT2D eigenvalue weighted by Gasteiger charge is -2.19. The number of nitrogens with zero attached hydrogens (tertiary/aromatic N) is 2. The molecule has 2 aromatic rings. The fraction of sp³-hybridized carbons (Fsp3) is 0.333. The lowest BCUT2D eigenvalue weighted by molar-refractivity contribution is 0.548. The molecule has 0 aliphatic carbocycles. The summed E-state index contributed by atoms with van der Waals surface area (Å²) >= 11 is 0. The van der Waals surface area contributed by atoms with Gasteiger partial charge in [0, 0.05) is 12.1 Å². The van der Waals surface area contributed by atoms with Crippen molar-refractivity contribution in [2.45, 2.75) is 19.4 Å². The van der Waals surface area contributed by atoms with Crippen LogP contribution >= 0.6 is 0 Å². The van der Waals surface area contributed by atoms with E-state index < -0.39 is 0 Å². The van der Waals surface area contributed by atoms with Gasteiger partial charge in [-0.25, -0.2) is 4.98 Å². The number of benzene rings is 1. The van der Waals surface area contributed by atoms with Crippen LogP contribution in [0.1, 0.15) is 13.8 Å². The summed E-state index contributed by atoms with van der Waals surface area (Å²) in [4.78, 5) is 8.77. The molecule has 0 fully saturated rings. The topological polar surface area (TPSA) is 63.8 Å². The third kappa shape index (κ3) is 2.67. The van der Waals surface area contributed by atoms with E-state index in [9.17, 15) is 0 Å². The van der Waals surface area contributed by atoms with Gasteiger partial charge in [-0.1, -0.05) is 12.1 Å². The van der Waals surface area contributed by atoms with Crippen LogP contribution in [0.25, 0.3) is 11.0 Å². The van der Waals surface area contributed by atoms with Crippen LogP contribution in [0.5, 0.6) is 0 Å². The largest absolute Gasteiger partial charge is 0.367 e. The van der Waals surface area contributed by atoms with Crippen molar-refractivity contribution in [3.05, 3.63) is 30.5 Å². The molecule has 0 saturated heterocycles. The van der Waals surface area contributed by atoms with Crippen LogP contribution in [0.4, 0.5) is 5.82 Å². The van der Waals surface area contributed by atoms with Gasteiger partial charge in [0.05, 0.1) is 17.2 Å². The van der Waals surface area contributed by atoms with E-state index in [1.54, 1.807) is 6.20 Å². The highest BCUT2D eigenvalue weighted by molar-refractivity contribution is 5.75. The molecule has 0 aliphatic heterocycles. The van der Waals surface area contributed by atoms with Crippen LogP contribution in [-0.2, 0) is 0 Å². The fourth-order valence-electron chi connectivity index (χ4n) is 1.36. The summed E-state index contributed by atoms with van der Waals surface area (Å²) in [5.74, 6) is 0.761. The molecule has 0 atom stereocenters. The summed E-state index contributed by atoms with van der Waals surface area (Å²) < 4.78 is 0. The first-order valence-electron chi connectivity index (χ1n) is 5.29. The summed E-state index contributed by atoms with van der Waals surface area (Å²) in [5.41, 5.74) is 7.42. The number of para-hydroxylation sites is 2. The summed E-state index contributed by atoms with van der Waals surface area (Å²) in [6.45, 7) is 4.60. The Morgan fingerprint density at radius 3 is 2.62 bits per heavy atom. The number of nitrogens with two attached hydrogens (primary N) is 1. The smallest absolute Gasteiger partial charge is 0.145 e. The van der Waals surface area contributed by atoms with Gasteiger partial charge in [-0.15, -0.1) is 0 Å². The van der Waals surface area contributed by atoms with Crippen molar-refractivity contribution in [3.8, 4) is 0 Å². The van der Waals surface area contributed by atoms with Gasteiger partial charge in [0.25, 0.3) is 0 Å². The van der Waals surface area contributed by atoms with Crippen molar-refractivity contribution in [3.63, 3.8) is 0 Å². The molecule has 0 aliphatic rings. The van der Waals surface area contributed by atoms with E-state index in [0.717, 1.165) is 16.9 Å². The van der Waals surface area contributed by atoms with Crippen molar-refractivity contribution in [1.29, 1.82) is 0 Å². The molecule has 4 nitrogen and oxygen atoms in total. The quantitative estimate of drug-likeness (QED) is 0.821. The van der Waals surface area contributed by atoms with E-state index in [-0.39, 0.29) is 5.54 Å². The van der Waals surface area contributed by atoms with Crippen molar-refractivity contribution < 1.29 is 0 Å². The van der Waals surface area contributed by atoms with Gasteiger partial charge in [-0.05, 0) is 26.0 Å². The zero-order valence-electron chi connectivity index (χ0n) is 9.57. The molecule has 1 aromatic carbocycles. The number of hydrogen-bond acceptors (Lipinski definition) is 4.